The summed E-state index contributed by atoms with van der Waals surface area (Å²) in [5.74, 6) is -0.599. The van der Waals surface area contributed by atoms with Crippen LogP contribution in [0.4, 0.5) is 17.2 Å². The molecule has 0 atom stereocenters. The Morgan fingerprint density at radius 2 is 2.21 bits per heavy atom. The first-order chi connectivity index (χ1) is 11.5. The number of aromatic nitrogens is 3. The fourth-order valence-corrected chi connectivity index (χ4v) is 3.49. The van der Waals surface area contributed by atoms with Gasteiger partial charge < -0.3 is 10.0 Å². The average Bonchev–Trinajstić information content (AvgIpc) is 3.18. The van der Waals surface area contributed by atoms with Crippen LogP contribution in [0.3, 0.4) is 0 Å². The van der Waals surface area contributed by atoms with Gasteiger partial charge in [-0.1, -0.05) is 11.3 Å². The van der Waals surface area contributed by atoms with Gasteiger partial charge in [-0.2, -0.15) is 0 Å². The number of hydrogen-bond acceptors (Lipinski definition) is 8. The van der Waals surface area contributed by atoms with Gasteiger partial charge in [0.25, 0.3) is 5.69 Å². The van der Waals surface area contributed by atoms with E-state index in [4.69, 9.17) is 5.11 Å². The van der Waals surface area contributed by atoms with Crippen molar-refractivity contribution in [2.45, 2.75) is 6.42 Å². The number of aromatic carboxylic acids is 1. The van der Waals surface area contributed by atoms with Gasteiger partial charge in [-0.3, -0.25) is 10.1 Å². The molecule has 24 heavy (non-hydrogen) atoms. The maximum Gasteiger partial charge on any atom is 0.365 e. The van der Waals surface area contributed by atoms with Gasteiger partial charge >= 0.3 is 5.97 Å². The van der Waals surface area contributed by atoms with Crippen molar-refractivity contribution in [3.63, 3.8) is 0 Å². The summed E-state index contributed by atoms with van der Waals surface area (Å²) < 4.78 is 0. The lowest BCUT2D eigenvalue weighted by molar-refractivity contribution is -0.384. The maximum absolute atomic E-state index is 11.1. The molecule has 2 aromatic heterocycles. The Morgan fingerprint density at radius 1 is 1.38 bits per heavy atom. The van der Waals surface area contributed by atoms with E-state index in [-0.39, 0.29) is 10.7 Å². The van der Waals surface area contributed by atoms with Crippen LogP contribution in [0.5, 0.6) is 0 Å². The third-order valence-corrected chi connectivity index (χ3v) is 4.74. The molecule has 1 aliphatic rings. The molecule has 9 nitrogen and oxygen atoms in total. The maximum atomic E-state index is 11.1. The lowest BCUT2D eigenvalue weighted by Gasteiger charge is -2.18. The number of nitro benzene ring substituents is 1. The first-order valence-electron chi connectivity index (χ1n) is 6.94. The summed E-state index contributed by atoms with van der Waals surface area (Å²) in [5.41, 5.74) is 2.13. The number of carboxylic acid groups (broad SMARTS) is 1. The van der Waals surface area contributed by atoms with Crippen molar-refractivity contribution in [3.05, 3.63) is 45.2 Å². The molecule has 0 radical (unpaired) electrons. The minimum Gasteiger partial charge on any atom is -0.476 e. The monoisotopic (exact) mass is 343 g/mol. The molecule has 1 N–H and O–H groups in total. The van der Waals surface area contributed by atoms with Gasteiger partial charge in [0, 0.05) is 24.4 Å². The van der Waals surface area contributed by atoms with E-state index in [9.17, 15) is 14.9 Å². The zero-order valence-electron chi connectivity index (χ0n) is 12.0. The molecule has 0 aliphatic carbocycles. The third kappa shape index (κ3) is 2.15. The molecule has 0 saturated carbocycles. The number of non-ortho nitro benzene ring substituents is 1. The first kappa shape index (κ1) is 14.5. The molecule has 0 amide bonds. The number of hydrogen-bond donors (Lipinski definition) is 1. The largest absolute Gasteiger partial charge is 0.476 e. The van der Waals surface area contributed by atoms with Crippen LogP contribution in [0.15, 0.2) is 24.5 Å². The highest BCUT2D eigenvalue weighted by molar-refractivity contribution is 7.19. The number of nitro groups is 1. The smallest absolute Gasteiger partial charge is 0.365 e. The highest BCUT2D eigenvalue weighted by Crippen LogP contribution is 2.38. The van der Waals surface area contributed by atoms with Crippen molar-refractivity contribution in [1.29, 1.82) is 0 Å². The highest BCUT2D eigenvalue weighted by atomic mass is 32.1. The van der Waals surface area contributed by atoms with Gasteiger partial charge in [0.2, 0.25) is 5.01 Å². The van der Waals surface area contributed by atoms with Crippen molar-refractivity contribution in [2.75, 3.05) is 11.4 Å². The molecule has 3 heterocycles. The van der Waals surface area contributed by atoms with Gasteiger partial charge in [0.1, 0.15) is 16.7 Å². The highest BCUT2D eigenvalue weighted by Gasteiger charge is 2.27. The average molecular weight is 343 g/mol. The topological polar surface area (TPSA) is 122 Å². The Morgan fingerprint density at radius 3 is 2.96 bits per heavy atom. The van der Waals surface area contributed by atoms with E-state index in [1.807, 2.05) is 4.90 Å². The Bertz CT molecular complexity index is 1000. The molecule has 0 bridgehead atoms. The van der Waals surface area contributed by atoms with Crippen molar-refractivity contribution >= 4 is 44.8 Å². The first-order valence-corrected chi connectivity index (χ1v) is 7.76. The van der Waals surface area contributed by atoms with Crippen molar-refractivity contribution < 1.29 is 14.8 Å². The minimum absolute atomic E-state index is 0.0464. The Hall–Kier alpha value is -3.14. The molecule has 1 aromatic carbocycles. The summed E-state index contributed by atoms with van der Waals surface area (Å²) in [6.07, 6.45) is 2.00. The van der Waals surface area contributed by atoms with Crippen LogP contribution in [0.25, 0.3) is 10.3 Å². The standard InChI is InChI=1S/C14H9N5O4S/c20-14(21)13-17-10-11(15-6-16-12(10)24-13)18-4-3-7-5-8(19(22)23)1-2-9(7)18/h1-2,5-6H,3-4H2,(H,20,21). The van der Waals surface area contributed by atoms with Crippen molar-refractivity contribution in [3.8, 4) is 0 Å². The van der Waals surface area contributed by atoms with Crippen LogP contribution >= 0.6 is 11.3 Å². The molecule has 3 aromatic rings. The summed E-state index contributed by atoms with van der Waals surface area (Å²) in [4.78, 5) is 36.4. The number of anilines is 2. The molecule has 120 valence electrons. The zero-order valence-corrected chi connectivity index (χ0v) is 12.9. The van der Waals surface area contributed by atoms with Crippen molar-refractivity contribution in [1.82, 2.24) is 15.0 Å². The van der Waals surface area contributed by atoms with Crippen LogP contribution in [0.2, 0.25) is 0 Å². The predicted molar refractivity (Wildman–Crippen MR) is 86.0 cm³/mol. The number of rotatable bonds is 3. The number of thiazole rings is 1. The fourth-order valence-electron chi connectivity index (χ4n) is 2.75. The summed E-state index contributed by atoms with van der Waals surface area (Å²) in [6.45, 7) is 0.586. The molecule has 0 unspecified atom stereocenters. The Balaban J connectivity index is 1.83. The van der Waals surface area contributed by atoms with Crippen LogP contribution in [-0.4, -0.2) is 37.5 Å². The van der Waals surface area contributed by atoms with E-state index < -0.39 is 10.9 Å². The van der Waals surface area contributed by atoms with Gasteiger partial charge in [-0.05, 0) is 18.1 Å². The lowest BCUT2D eigenvalue weighted by atomic mass is 10.1. The zero-order chi connectivity index (χ0) is 16.8. The SMILES string of the molecule is O=C(O)c1nc2c(N3CCc4cc([N+](=O)[O-])ccc43)ncnc2s1. The molecular weight excluding hydrogens is 334 g/mol. The molecule has 0 fully saturated rings. The predicted octanol–water partition coefficient (Wildman–Crippen LogP) is 2.39. The van der Waals surface area contributed by atoms with Crippen molar-refractivity contribution in [2.24, 2.45) is 0 Å². The molecule has 4 rings (SSSR count). The Labute approximate surface area is 138 Å². The summed E-state index contributed by atoms with van der Waals surface area (Å²) in [5, 5.41) is 20.0. The second kappa shape index (κ2) is 5.20. The number of carbonyl (C=O) groups is 1. The Kier molecular flexibility index (Phi) is 3.13. The lowest BCUT2D eigenvalue weighted by Crippen LogP contribution is -2.15. The number of carboxylic acids is 1. The van der Waals surface area contributed by atoms with Crippen LogP contribution in [0.1, 0.15) is 15.4 Å². The van der Waals surface area contributed by atoms with E-state index in [0.29, 0.717) is 29.1 Å². The fraction of sp³-hybridized carbons (Fsp3) is 0.143. The summed E-state index contributed by atoms with van der Waals surface area (Å²) in [7, 11) is 0. The quantitative estimate of drug-likeness (QED) is 0.568. The minimum atomic E-state index is -1.11. The summed E-state index contributed by atoms with van der Waals surface area (Å²) in [6, 6.07) is 4.68. The second-order valence-electron chi connectivity index (χ2n) is 5.15. The van der Waals surface area contributed by atoms with E-state index >= 15 is 0 Å². The van der Waals surface area contributed by atoms with Crippen LogP contribution in [-0.2, 0) is 6.42 Å². The van der Waals surface area contributed by atoms with Gasteiger partial charge in [0.15, 0.2) is 5.82 Å². The summed E-state index contributed by atoms with van der Waals surface area (Å²) >= 11 is 0.988. The number of benzene rings is 1. The van der Waals surface area contributed by atoms with Crippen LogP contribution < -0.4 is 4.90 Å². The normalized spacial score (nSPS) is 13.2. The molecular formula is C14H9N5O4S. The molecule has 1 aliphatic heterocycles. The van der Waals surface area contributed by atoms with Gasteiger partial charge in [-0.25, -0.2) is 19.7 Å². The molecule has 0 saturated heterocycles. The second-order valence-corrected chi connectivity index (χ2v) is 6.12. The number of fused-ring (bicyclic) bond motifs is 2. The van der Waals surface area contributed by atoms with E-state index in [1.54, 1.807) is 12.1 Å². The van der Waals surface area contributed by atoms with Gasteiger partial charge in [0.05, 0.1) is 4.92 Å². The van der Waals surface area contributed by atoms with Gasteiger partial charge in [-0.15, -0.1) is 0 Å². The number of nitrogens with zero attached hydrogens (tertiary/aromatic N) is 5. The van der Waals surface area contributed by atoms with E-state index in [0.717, 1.165) is 22.6 Å². The molecule has 10 heteroatoms. The van der Waals surface area contributed by atoms with E-state index in [1.165, 1.54) is 12.4 Å². The third-order valence-electron chi connectivity index (χ3n) is 3.78. The van der Waals surface area contributed by atoms with E-state index in [2.05, 4.69) is 15.0 Å². The van der Waals surface area contributed by atoms with Crippen LogP contribution in [0, 0.1) is 10.1 Å². The molecule has 0 spiro atoms.